The second-order valence-electron chi connectivity index (χ2n) is 8.50. The van der Waals surface area contributed by atoms with Crippen LogP contribution in [0.3, 0.4) is 0 Å². The summed E-state index contributed by atoms with van der Waals surface area (Å²) in [6.45, 7) is 6.08. The summed E-state index contributed by atoms with van der Waals surface area (Å²) in [5.74, 6) is 1.71. The van der Waals surface area contributed by atoms with Crippen LogP contribution in [0.2, 0.25) is 10.0 Å². The number of ether oxygens (including phenoxy) is 2. The van der Waals surface area contributed by atoms with Gasteiger partial charge in [0.15, 0.2) is 16.7 Å². The molecule has 0 N–H and O–H groups in total. The molecule has 0 aliphatic carbocycles. The predicted octanol–water partition coefficient (Wildman–Crippen LogP) is 7.28. The second-order valence-corrected chi connectivity index (χ2v) is 10.5. The van der Waals surface area contributed by atoms with Crippen molar-refractivity contribution in [3.8, 4) is 17.2 Å². The van der Waals surface area contributed by atoms with E-state index in [-0.39, 0.29) is 18.1 Å². The maximum Gasteiger partial charge on any atom is 0.220 e. The van der Waals surface area contributed by atoms with E-state index in [0.29, 0.717) is 44.7 Å². The number of thioether (sulfide) groups is 1. The van der Waals surface area contributed by atoms with Crippen molar-refractivity contribution in [2.75, 3.05) is 13.2 Å². The zero-order valence-electron chi connectivity index (χ0n) is 21.1. The monoisotopic (exact) mass is 572 g/mol. The van der Waals surface area contributed by atoms with Gasteiger partial charge in [0.1, 0.15) is 17.7 Å². The number of benzene rings is 3. The van der Waals surface area contributed by atoms with Gasteiger partial charge in [-0.3, -0.25) is 14.7 Å². The molecule has 1 heterocycles. The van der Waals surface area contributed by atoms with Crippen molar-refractivity contribution in [2.45, 2.75) is 37.8 Å². The third-order valence-corrected chi connectivity index (χ3v) is 7.59. The summed E-state index contributed by atoms with van der Waals surface area (Å²) < 4.78 is 13.7. The van der Waals surface area contributed by atoms with Crippen LogP contribution in [0.5, 0.6) is 11.5 Å². The zero-order valence-corrected chi connectivity index (χ0v) is 23.4. The predicted molar refractivity (Wildman–Crippen MR) is 150 cm³/mol. The lowest BCUT2D eigenvalue weighted by Gasteiger charge is -2.17. The maximum atomic E-state index is 11.6. The Morgan fingerprint density at radius 3 is 2.42 bits per heavy atom. The number of nitrogens with zero attached hydrogens (tertiary/aromatic N) is 4. The van der Waals surface area contributed by atoms with Gasteiger partial charge >= 0.3 is 0 Å². The van der Waals surface area contributed by atoms with Crippen molar-refractivity contribution in [2.24, 2.45) is 0 Å². The second kappa shape index (κ2) is 12.5. The molecule has 1 aromatic heterocycles. The van der Waals surface area contributed by atoms with E-state index in [4.69, 9.17) is 32.7 Å². The highest BCUT2D eigenvalue weighted by atomic mass is 35.5. The quantitative estimate of drug-likeness (QED) is 0.106. The molecular formula is C27H26Cl2N4O4S. The molecule has 4 rings (SSSR count). The summed E-state index contributed by atoms with van der Waals surface area (Å²) >= 11 is 13.4. The van der Waals surface area contributed by atoms with E-state index >= 15 is 0 Å². The topological polar surface area (TPSA) is 92.3 Å². The summed E-state index contributed by atoms with van der Waals surface area (Å²) in [6, 6.07) is 18.6. The van der Waals surface area contributed by atoms with Crippen LogP contribution in [-0.4, -0.2) is 32.8 Å². The fourth-order valence-electron chi connectivity index (χ4n) is 3.79. The van der Waals surface area contributed by atoms with E-state index in [2.05, 4.69) is 10.2 Å². The molecule has 198 valence electrons. The van der Waals surface area contributed by atoms with Gasteiger partial charge in [0.2, 0.25) is 6.54 Å². The van der Waals surface area contributed by atoms with Gasteiger partial charge < -0.3 is 9.47 Å². The highest BCUT2D eigenvalue weighted by molar-refractivity contribution is 7.99. The first-order valence-corrected chi connectivity index (χ1v) is 13.5. The van der Waals surface area contributed by atoms with Gasteiger partial charge in [-0.25, -0.2) is 0 Å². The first-order valence-electron chi connectivity index (χ1n) is 11.9. The Hall–Kier alpha value is -3.27. The van der Waals surface area contributed by atoms with Gasteiger partial charge in [-0.05, 0) is 68.3 Å². The van der Waals surface area contributed by atoms with Crippen LogP contribution in [0.25, 0.3) is 5.69 Å². The summed E-state index contributed by atoms with van der Waals surface area (Å²) in [5, 5.41) is 21.1. The van der Waals surface area contributed by atoms with E-state index < -0.39 is 5.25 Å². The van der Waals surface area contributed by atoms with Gasteiger partial charge in [0.25, 0.3) is 0 Å². The molecule has 0 fully saturated rings. The van der Waals surface area contributed by atoms with Crippen LogP contribution in [0, 0.1) is 24.0 Å². The molecule has 11 heteroatoms. The molecule has 0 spiro atoms. The van der Waals surface area contributed by atoms with Crippen molar-refractivity contribution >= 4 is 35.0 Å². The van der Waals surface area contributed by atoms with Crippen molar-refractivity contribution in [1.29, 1.82) is 0 Å². The number of aryl methyl sites for hydroxylation is 2. The van der Waals surface area contributed by atoms with Crippen molar-refractivity contribution in [3.05, 3.63) is 103 Å². The van der Waals surface area contributed by atoms with Crippen LogP contribution in [0.1, 0.15) is 34.7 Å². The Morgan fingerprint density at radius 2 is 1.74 bits per heavy atom. The molecule has 1 atom stereocenters. The van der Waals surface area contributed by atoms with E-state index in [1.807, 2.05) is 61.7 Å². The number of aromatic nitrogens is 3. The molecule has 0 saturated heterocycles. The van der Waals surface area contributed by atoms with Crippen LogP contribution in [0.15, 0.2) is 65.8 Å². The summed E-state index contributed by atoms with van der Waals surface area (Å²) in [6.07, 6.45) is 0. The lowest BCUT2D eigenvalue weighted by molar-refractivity contribution is -0.479. The van der Waals surface area contributed by atoms with Crippen LogP contribution in [0.4, 0.5) is 0 Å². The molecule has 0 unspecified atom stereocenters. The minimum Gasteiger partial charge on any atom is -0.490 e. The minimum atomic E-state index is -0.541. The Labute approximate surface area is 235 Å². The van der Waals surface area contributed by atoms with Crippen LogP contribution in [-0.2, 0) is 6.61 Å². The smallest absolute Gasteiger partial charge is 0.220 e. The molecule has 0 radical (unpaired) electrons. The molecule has 0 saturated carbocycles. The van der Waals surface area contributed by atoms with Crippen molar-refractivity contribution < 1.29 is 14.4 Å². The van der Waals surface area contributed by atoms with Gasteiger partial charge in [0.05, 0.1) is 16.7 Å². The molecule has 0 aliphatic heterocycles. The Morgan fingerprint density at radius 1 is 0.974 bits per heavy atom. The van der Waals surface area contributed by atoms with Gasteiger partial charge in [-0.2, -0.15) is 0 Å². The average molecular weight is 574 g/mol. The van der Waals surface area contributed by atoms with E-state index in [9.17, 15) is 10.1 Å². The SMILES string of the molecule is CCOc1cc([C@H](C[N+](=O)[O-])Sc2nnc(C)n2-c2ccc(C)cc2)ccc1OCc1ccc(Cl)c(Cl)c1. The number of hydrogen-bond acceptors (Lipinski definition) is 7. The fourth-order valence-corrected chi connectivity index (χ4v) is 5.27. The Balaban J connectivity index is 1.61. The van der Waals surface area contributed by atoms with Crippen molar-refractivity contribution in [3.63, 3.8) is 0 Å². The normalized spacial score (nSPS) is 11.8. The molecule has 0 bridgehead atoms. The Kier molecular flexibility index (Phi) is 9.14. The molecule has 3 aromatic carbocycles. The highest BCUT2D eigenvalue weighted by Crippen LogP contribution is 2.40. The van der Waals surface area contributed by atoms with Crippen LogP contribution < -0.4 is 9.47 Å². The average Bonchev–Trinajstić information content (AvgIpc) is 3.25. The van der Waals surface area contributed by atoms with E-state index in [1.54, 1.807) is 24.3 Å². The third kappa shape index (κ3) is 6.78. The first-order chi connectivity index (χ1) is 18.2. The molecule has 38 heavy (non-hydrogen) atoms. The van der Waals surface area contributed by atoms with Crippen molar-refractivity contribution in [1.82, 2.24) is 14.8 Å². The van der Waals surface area contributed by atoms with Crippen LogP contribution >= 0.6 is 35.0 Å². The molecule has 4 aromatic rings. The number of rotatable bonds is 11. The maximum absolute atomic E-state index is 11.6. The summed E-state index contributed by atoms with van der Waals surface area (Å²) in [7, 11) is 0. The van der Waals surface area contributed by atoms with E-state index in [0.717, 1.165) is 16.8 Å². The number of hydrogen-bond donors (Lipinski definition) is 0. The molecule has 8 nitrogen and oxygen atoms in total. The zero-order chi connectivity index (χ0) is 27.2. The highest BCUT2D eigenvalue weighted by Gasteiger charge is 2.25. The fraction of sp³-hybridized carbons (Fsp3) is 0.259. The number of nitro groups is 1. The van der Waals surface area contributed by atoms with Gasteiger partial charge in [-0.1, -0.05) is 64.8 Å². The molecular weight excluding hydrogens is 547 g/mol. The van der Waals surface area contributed by atoms with Gasteiger partial charge in [0, 0.05) is 10.6 Å². The number of halogens is 2. The lowest BCUT2D eigenvalue weighted by atomic mass is 10.1. The van der Waals surface area contributed by atoms with E-state index in [1.165, 1.54) is 11.8 Å². The molecule has 0 amide bonds. The largest absolute Gasteiger partial charge is 0.490 e. The third-order valence-electron chi connectivity index (χ3n) is 5.67. The minimum absolute atomic E-state index is 0.252. The summed E-state index contributed by atoms with van der Waals surface area (Å²) in [5.41, 5.74) is 3.58. The Bertz CT molecular complexity index is 1430. The lowest BCUT2D eigenvalue weighted by Crippen LogP contribution is -2.11. The summed E-state index contributed by atoms with van der Waals surface area (Å²) in [4.78, 5) is 11.3. The standard InChI is InChI=1S/C27H26Cl2N4O4S/c1-4-36-25-14-20(8-12-24(25)37-16-19-7-11-22(28)23(29)13-19)26(15-32(34)35)38-27-31-30-18(3)33(27)21-9-5-17(2)6-10-21/h5-14,26H,4,15-16H2,1-3H3/t26-/m0/s1. The molecule has 0 aliphatic rings. The van der Waals surface area contributed by atoms with Gasteiger partial charge in [-0.15, -0.1) is 10.2 Å². The first kappa shape index (κ1) is 27.8.